The molecule has 0 atom stereocenters. The minimum atomic E-state index is -4.40. The Hall–Kier alpha value is -1.72. The van der Waals surface area contributed by atoms with Gasteiger partial charge in [0.2, 0.25) is 0 Å². The smallest absolute Gasteiger partial charge is 0.397 e. The first kappa shape index (κ1) is 12.7. The van der Waals surface area contributed by atoms with Gasteiger partial charge in [-0.15, -0.1) is 0 Å². The molecule has 2 aromatic rings. The van der Waals surface area contributed by atoms with E-state index in [-0.39, 0.29) is 5.69 Å². The van der Waals surface area contributed by atoms with Crippen LogP contribution in [0.5, 0.6) is 0 Å². The summed E-state index contributed by atoms with van der Waals surface area (Å²) in [5.41, 5.74) is 5.99. The van der Waals surface area contributed by atoms with Crippen LogP contribution in [0.3, 0.4) is 0 Å². The fraction of sp³-hybridized carbons (Fsp3) is 0.417. The van der Waals surface area contributed by atoms with E-state index in [1.165, 1.54) is 0 Å². The predicted octanol–water partition coefficient (Wildman–Crippen LogP) is 3.36. The summed E-state index contributed by atoms with van der Waals surface area (Å²) in [7, 11) is 0. The van der Waals surface area contributed by atoms with Gasteiger partial charge < -0.3 is 10.3 Å². The summed E-state index contributed by atoms with van der Waals surface area (Å²) in [5, 5.41) is 0. The molecule has 0 aliphatic carbocycles. The molecule has 1 aromatic carbocycles. The van der Waals surface area contributed by atoms with Gasteiger partial charge in [0.15, 0.2) is 0 Å². The van der Waals surface area contributed by atoms with Crippen molar-refractivity contribution in [3.05, 3.63) is 23.5 Å². The second-order valence-electron chi connectivity index (χ2n) is 4.24. The molecule has 1 aromatic heterocycles. The molecule has 18 heavy (non-hydrogen) atoms. The number of aryl methyl sites for hydroxylation is 2. The number of alkyl halides is 3. The normalized spacial score (nSPS) is 12.3. The van der Waals surface area contributed by atoms with Gasteiger partial charge in [-0.05, 0) is 25.5 Å². The Morgan fingerprint density at radius 2 is 2.00 bits per heavy atom. The van der Waals surface area contributed by atoms with E-state index in [0.29, 0.717) is 23.4 Å². The van der Waals surface area contributed by atoms with Crippen LogP contribution in [0.15, 0.2) is 12.1 Å². The van der Waals surface area contributed by atoms with Crippen LogP contribution < -0.4 is 5.73 Å². The molecule has 0 amide bonds. The summed E-state index contributed by atoms with van der Waals surface area (Å²) < 4.78 is 39.8. The summed E-state index contributed by atoms with van der Waals surface area (Å²) in [5.74, 6) is 0.679. The van der Waals surface area contributed by atoms with Crippen LogP contribution in [0.4, 0.5) is 18.9 Å². The van der Waals surface area contributed by atoms with E-state index in [4.69, 9.17) is 5.73 Å². The molecule has 0 bridgehead atoms. The van der Waals surface area contributed by atoms with Crippen LogP contribution >= 0.6 is 0 Å². The molecule has 2 N–H and O–H groups in total. The Morgan fingerprint density at radius 3 is 2.56 bits per heavy atom. The van der Waals surface area contributed by atoms with Gasteiger partial charge >= 0.3 is 6.18 Å². The molecule has 0 aliphatic rings. The van der Waals surface area contributed by atoms with Crippen molar-refractivity contribution in [1.29, 1.82) is 0 Å². The van der Waals surface area contributed by atoms with Crippen LogP contribution in [0, 0.1) is 6.92 Å². The first-order chi connectivity index (χ1) is 8.34. The highest BCUT2D eigenvalue weighted by Gasteiger charge is 2.32. The van der Waals surface area contributed by atoms with Gasteiger partial charge in [-0.2, -0.15) is 13.2 Å². The predicted molar refractivity (Wildman–Crippen MR) is 64.2 cm³/mol. The summed E-state index contributed by atoms with van der Waals surface area (Å²) in [6.07, 6.45) is -3.53. The largest absolute Gasteiger partial charge is 0.416 e. The fourth-order valence-corrected chi connectivity index (χ4v) is 2.08. The minimum Gasteiger partial charge on any atom is -0.397 e. The Kier molecular flexibility index (Phi) is 2.96. The number of benzene rings is 1. The van der Waals surface area contributed by atoms with Gasteiger partial charge in [-0.1, -0.05) is 6.92 Å². The number of fused-ring (bicyclic) bond motifs is 1. The van der Waals surface area contributed by atoms with Crippen molar-refractivity contribution in [2.75, 3.05) is 5.73 Å². The molecule has 0 radical (unpaired) electrons. The molecule has 0 unspecified atom stereocenters. The van der Waals surface area contributed by atoms with Gasteiger partial charge in [0.25, 0.3) is 0 Å². The zero-order chi connectivity index (χ0) is 13.5. The van der Waals surface area contributed by atoms with Gasteiger partial charge in [-0.3, -0.25) is 0 Å². The third kappa shape index (κ3) is 2.02. The maximum absolute atomic E-state index is 12.7. The van der Waals surface area contributed by atoms with Gasteiger partial charge in [0.1, 0.15) is 5.82 Å². The number of imidazole rings is 1. The van der Waals surface area contributed by atoms with Crippen LogP contribution in [-0.2, 0) is 12.7 Å². The number of hydrogen-bond donors (Lipinski definition) is 1. The van der Waals surface area contributed by atoms with Crippen LogP contribution in [0.25, 0.3) is 11.0 Å². The summed E-state index contributed by atoms with van der Waals surface area (Å²) >= 11 is 0. The number of nitrogen functional groups attached to an aromatic ring is 1. The standard InChI is InChI=1S/C12H14F3N3/c1-3-4-18-7(2)17-10-6-8(12(13,14)15)5-9(16)11(10)18/h5-6H,3-4,16H2,1-2H3. The molecule has 0 saturated carbocycles. The number of aromatic nitrogens is 2. The first-order valence-electron chi connectivity index (χ1n) is 5.68. The fourth-order valence-electron chi connectivity index (χ4n) is 2.08. The van der Waals surface area contributed by atoms with Crippen molar-refractivity contribution in [1.82, 2.24) is 9.55 Å². The zero-order valence-electron chi connectivity index (χ0n) is 10.2. The monoisotopic (exact) mass is 257 g/mol. The number of halogens is 3. The van der Waals surface area contributed by atoms with E-state index >= 15 is 0 Å². The highest BCUT2D eigenvalue weighted by molar-refractivity contribution is 5.88. The minimum absolute atomic E-state index is 0.119. The molecule has 0 aliphatic heterocycles. The quantitative estimate of drug-likeness (QED) is 0.838. The molecule has 0 spiro atoms. The number of rotatable bonds is 2. The molecule has 98 valence electrons. The Morgan fingerprint density at radius 1 is 1.33 bits per heavy atom. The second-order valence-corrected chi connectivity index (χ2v) is 4.24. The van der Waals surface area contributed by atoms with Crippen LogP contribution in [0.2, 0.25) is 0 Å². The lowest BCUT2D eigenvalue weighted by atomic mass is 10.1. The molecule has 0 fully saturated rings. The third-order valence-corrected chi connectivity index (χ3v) is 2.84. The van der Waals surface area contributed by atoms with Crippen molar-refractivity contribution in [2.45, 2.75) is 33.0 Å². The van der Waals surface area contributed by atoms with Crippen molar-refractivity contribution >= 4 is 16.7 Å². The second kappa shape index (κ2) is 4.19. The van der Waals surface area contributed by atoms with Gasteiger partial charge in [0, 0.05) is 6.54 Å². The highest BCUT2D eigenvalue weighted by atomic mass is 19.4. The molecule has 2 rings (SSSR count). The van der Waals surface area contributed by atoms with Crippen LogP contribution in [-0.4, -0.2) is 9.55 Å². The topological polar surface area (TPSA) is 43.8 Å². The van der Waals surface area contributed by atoms with Gasteiger partial charge in [0.05, 0.1) is 22.3 Å². The lowest BCUT2D eigenvalue weighted by Crippen LogP contribution is -2.07. The van der Waals surface area contributed by atoms with Gasteiger partial charge in [-0.25, -0.2) is 4.98 Å². The van der Waals surface area contributed by atoms with Crippen molar-refractivity contribution in [3.8, 4) is 0 Å². The van der Waals surface area contributed by atoms with Crippen LogP contribution in [0.1, 0.15) is 24.7 Å². The van der Waals surface area contributed by atoms with Crippen molar-refractivity contribution in [3.63, 3.8) is 0 Å². The van der Waals surface area contributed by atoms with E-state index in [1.54, 1.807) is 6.92 Å². The summed E-state index contributed by atoms with van der Waals surface area (Å²) in [4.78, 5) is 4.15. The van der Waals surface area contributed by atoms with Crippen molar-refractivity contribution in [2.24, 2.45) is 0 Å². The first-order valence-corrected chi connectivity index (χ1v) is 5.68. The van der Waals surface area contributed by atoms with E-state index < -0.39 is 11.7 Å². The molecular weight excluding hydrogens is 243 g/mol. The Balaban J connectivity index is 2.70. The summed E-state index contributed by atoms with van der Waals surface area (Å²) in [6, 6.07) is 2.01. The van der Waals surface area contributed by atoms with E-state index in [1.807, 2.05) is 11.5 Å². The molecule has 6 heteroatoms. The number of nitrogens with two attached hydrogens (primary N) is 1. The van der Waals surface area contributed by atoms with E-state index in [0.717, 1.165) is 18.6 Å². The third-order valence-electron chi connectivity index (χ3n) is 2.84. The lowest BCUT2D eigenvalue weighted by Gasteiger charge is -2.10. The SMILES string of the molecule is CCCn1c(C)nc2cc(C(F)(F)F)cc(N)c21. The maximum atomic E-state index is 12.7. The average molecular weight is 257 g/mol. The molecule has 3 nitrogen and oxygen atoms in total. The molecular formula is C12H14F3N3. The lowest BCUT2D eigenvalue weighted by molar-refractivity contribution is -0.137. The van der Waals surface area contributed by atoms with Crippen molar-refractivity contribution < 1.29 is 13.2 Å². The number of hydrogen-bond acceptors (Lipinski definition) is 2. The number of anilines is 1. The molecule has 1 heterocycles. The maximum Gasteiger partial charge on any atom is 0.416 e. The van der Waals surface area contributed by atoms with E-state index in [2.05, 4.69) is 4.98 Å². The Labute approximate surface area is 102 Å². The average Bonchev–Trinajstić information content (AvgIpc) is 2.55. The molecule has 0 saturated heterocycles. The highest BCUT2D eigenvalue weighted by Crippen LogP contribution is 2.34. The summed E-state index contributed by atoms with van der Waals surface area (Å²) in [6.45, 7) is 4.45. The number of nitrogens with zero attached hydrogens (tertiary/aromatic N) is 2. The Bertz CT molecular complexity index is 584. The zero-order valence-corrected chi connectivity index (χ0v) is 10.2. The van der Waals surface area contributed by atoms with E-state index in [9.17, 15) is 13.2 Å².